The molecule has 0 saturated heterocycles. The van der Waals surface area contributed by atoms with Gasteiger partial charge in [0.15, 0.2) is 0 Å². The number of imidazole rings is 2. The number of benzene rings is 2. The largest absolute Gasteiger partial charge is 0.389 e. The second kappa shape index (κ2) is 5.76. The highest BCUT2D eigenvalue weighted by atomic mass is 16.3. The van der Waals surface area contributed by atoms with Crippen molar-refractivity contribution in [3.8, 4) is 0 Å². The fraction of sp³-hybridized carbons (Fsp3) is 0.263. The first kappa shape index (κ1) is 14.9. The summed E-state index contributed by atoms with van der Waals surface area (Å²) < 4.78 is 4.01. The van der Waals surface area contributed by atoms with E-state index in [0.29, 0.717) is 13.1 Å². The van der Waals surface area contributed by atoms with Gasteiger partial charge in [0.1, 0.15) is 0 Å². The maximum Gasteiger partial charge on any atom is 0.0959 e. The van der Waals surface area contributed by atoms with Gasteiger partial charge in [-0.2, -0.15) is 0 Å². The minimum Gasteiger partial charge on any atom is -0.389 e. The second-order valence-corrected chi connectivity index (χ2v) is 6.36. The molecule has 2 heterocycles. The van der Waals surface area contributed by atoms with Crippen LogP contribution in [-0.2, 0) is 13.1 Å². The first-order valence-corrected chi connectivity index (χ1v) is 8.12. The van der Waals surface area contributed by atoms with Crippen molar-refractivity contribution in [2.45, 2.75) is 33.0 Å². The standard InChI is InChI=1S/C19H20N4O/c1-13-7-17-19(8-14(13)2)23(12-21-17)10-15(24)9-22-11-20-16-5-3-4-6-18(16)22/h3-8,11-12,15,24H,9-10H2,1-2H3/t15-/m0/s1. The van der Waals surface area contributed by atoms with E-state index in [1.807, 2.05) is 33.4 Å². The number of rotatable bonds is 4. The molecule has 1 N–H and O–H groups in total. The monoisotopic (exact) mass is 320 g/mol. The molecule has 0 fully saturated rings. The van der Waals surface area contributed by atoms with Gasteiger partial charge in [-0.1, -0.05) is 12.1 Å². The number of fused-ring (bicyclic) bond motifs is 2. The summed E-state index contributed by atoms with van der Waals surface area (Å²) in [4.78, 5) is 8.83. The van der Waals surface area contributed by atoms with Crippen LogP contribution in [0.25, 0.3) is 22.1 Å². The van der Waals surface area contributed by atoms with E-state index in [9.17, 15) is 5.11 Å². The average molecular weight is 320 g/mol. The van der Waals surface area contributed by atoms with Crippen LogP contribution in [-0.4, -0.2) is 30.3 Å². The molecule has 0 amide bonds. The van der Waals surface area contributed by atoms with Crippen LogP contribution in [0.15, 0.2) is 49.1 Å². The molecule has 1 atom stereocenters. The Labute approximate surface area is 140 Å². The molecule has 5 nitrogen and oxygen atoms in total. The Balaban J connectivity index is 1.58. The smallest absolute Gasteiger partial charge is 0.0959 e. The van der Waals surface area contributed by atoms with Crippen molar-refractivity contribution in [2.75, 3.05) is 0 Å². The molecule has 0 spiro atoms. The summed E-state index contributed by atoms with van der Waals surface area (Å²) in [5.41, 5.74) is 6.49. The van der Waals surface area contributed by atoms with Crippen LogP contribution < -0.4 is 0 Å². The van der Waals surface area contributed by atoms with Gasteiger partial charge in [0.2, 0.25) is 0 Å². The maximum atomic E-state index is 10.5. The van der Waals surface area contributed by atoms with E-state index in [0.717, 1.165) is 22.1 Å². The Kier molecular flexibility index (Phi) is 3.58. The Morgan fingerprint density at radius 3 is 2.29 bits per heavy atom. The number of hydrogen-bond donors (Lipinski definition) is 1. The van der Waals surface area contributed by atoms with Gasteiger partial charge in [-0.25, -0.2) is 9.97 Å². The number of aliphatic hydroxyl groups excluding tert-OH is 1. The topological polar surface area (TPSA) is 55.9 Å². The quantitative estimate of drug-likeness (QED) is 0.629. The number of hydrogen-bond acceptors (Lipinski definition) is 3. The van der Waals surface area contributed by atoms with Gasteiger partial charge in [-0.15, -0.1) is 0 Å². The van der Waals surface area contributed by atoms with Crippen LogP contribution in [0.5, 0.6) is 0 Å². The molecule has 4 aromatic rings. The van der Waals surface area contributed by atoms with Crippen LogP contribution in [0, 0.1) is 13.8 Å². The predicted octanol–water partition coefficient (Wildman–Crippen LogP) is 3.06. The summed E-state index contributed by atoms with van der Waals surface area (Å²) in [6.07, 6.45) is 3.08. The van der Waals surface area contributed by atoms with Gasteiger partial charge in [0.05, 0.1) is 53.9 Å². The lowest BCUT2D eigenvalue weighted by atomic mass is 10.1. The Hall–Kier alpha value is -2.66. The molecule has 2 aromatic carbocycles. The highest BCUT2D eigenvalue weighted by molar-refractivity contribution is 5.77. The Morgan fingerprint density at radius 2 is 1.50 bits per heavy atom. The number of aryl methyl sites for hydroxylation is 2. The SMILES string of the molecule is Cc1cc2ncn(C[C@@H](O)Cn3cnc4ccccc43)c2cc1C. The highest BCUT2D eigenvalue weighted by Gasteiger charge is 2.12. The lowest BCUT2D eigenvalue weighted by Crippen LogP contribution is -2.21. The molecule has 0 radical (unpaired) electrons. The van der Waals surface area contributed by atoms with E-state index in [1.165, 1.54) is 11.1 Å². The molecular weight excluding hydrogens is 300 g/mol. The molecule has 0 saturated carbocycles. The molecule has 24 heavy (non-hydrogen) atoms. The average Bonchev–Trinajstić information content (AvgIpc) is 3.13. The number of para-hydroxylation sites is 2. The fourth-order valence-electron chi connectivity index (χ4n) is 3.13. The van der Waals surface area contributed by atoms with Crippen molar-refractivity contribution in [3.05, 3.63) is 60.2 Å². The van der Waals surface area contributed by atoms with Crippen molar-refractivity contribution in [3.63, 3.8) is 0 Å². The van der Waals surface area contributed by atoms with Crippen molar-refractivity contribution in [1.82, 2.24) is 19.1 Å². The van der Waals surface area contributed by atoms with E-state index in [1.54, 1.807) is 12.7 Å². The molecule has 0 aliphatic heterocycles. The zero-order valence-electron chi connectivity index (χ0n) is 13.8. The van der Waals surface area contributed by atoms with E-state index in [-0.39, 0.29) is 0 Å². The third-order valence-electron chi connectivity index (χ3n) is 4.58. The summed E-state index contributed by atoms with van der Waals surface area (Å²) in [7, 11) is 0. The summed E-state index contributed by atoms with van der Waals surface area (Å²) in [5, 5.41) is 10.5. The van der Waals surface area contributed by atoms with Crippen LogP contribution in [0.4, 0.5) is 0 Å². The van der Waals surface area contributed by atoms with E-state index >= 15 is 0 Å². The van der Waals surface area contributed by atoms with Crippen molar-refractivity contribution in [1.29, 1.82) is 0 Å². The molecule has 0 aliphatic carbocycles. The molecule has 5 heteroatoms. The molecule has 122 valence electrons. The minimum absolute atomic E-state index is 0.505. The molecule has 2 aromatic heterocycles. The predicted molar refractivity (Wildman–Crippen MR) is 94.9 cm³/mol. The zero-order valence-corrected chi connectivity index (χ0v) is 13.8. The lowest BCUT2D eigenvalue weighted by molar-refractivity contribution is 0.137. The van der Waals surface area contributed by atoms with Gasteiger partial charge in [-0.3, -0.25) is 0 Å². The van der Waals surface area contributed by atoms with E-state index in [4.69, 9.17) is 0 Å². The van der Waals surface area contributed by atoms with Crippen LogP contribution in [0.3, 0.4) is 0 Å². The maximum absolute atomic E-state index is 10.5. The third kappa shape index (κ3) is 2.57. The van der Waals surface area contributed by atoms with Gasteiger partial charge < -0.3 is 14.2 Å². The van der Waals surface area contributed by atoms with Crippen LogP contribution in [0.1, 0.15) is 11.1 Å². The van der Waals surface area contributed by atoms with E-state index < -0.39 is 6.10 Å². The van der Waals surface area contributed by atoms with Crippen molar-refractivity contribution < 1.29 is 5.11 Å². The molecule has 0 unspecified atom stereocenters. The van der Waals surface area contributed by atoms with Crippen LogP contribution >= 0.6 is 0 Å². The summed E-state index contributed by atoms with van der Waals surface area (Å²) >= 11 is 0. The molecule has 0 bridgehead atoms. The van der Waals surface area contributed by atoms with Gasteiger partial charge in [0, 0.05) is 0 Å². The molecule has 0 aliphatic rings. The van der Waals surface area contributed by atoms with Crippen molar-refractivity contribution in [2.24, 2.45) is 0 Å². The summed E-state index contributed by atoms with van der Waals surface area (Å²) in [5.74, 6) is 0. The van der Waals surface area contributed by atoms with E-state index in [2.05, 4.69) is 35.9 Å². The molecule has 4 rings (SSSR count). The second-order valence-electron chi connectivity index (χ2n) is 6.36. The lowest BCUT2D eigenvalue weighted by Gasteiger charge is -2.14. The molecular formula is C19H20N4O. The fourth-order valence-corrected chi connectivity index (χ4v) is 3.13. The number of nitrogens with zero attached hydrogens (tertiary/aromatic N) is 4. The van der Waals surface area contributed by atoms with Crippen molar-refractivity contribution >= 4 is 22.1 Å². The minimum atomic E-state index is -0.512. The first-order chi connectivity index (χ1) is 11.6. The Morgan fingerprint density at radius 1 is 0.875 bits per heavy atom. The first-order valence-electron chi connectivity index (χ1n) is 8.12. The van der Waals surface area contributed by atoms with Gasteiger partial charge in [-0.05, 0) is 49.2 Å². The van der Waals surface area contributed by atoms with Crippen LogP contribution in [0.2, 0.25) is 0 Å². The Bertz CT molecular complexity index is 1010. The normalized spacial score (nSPS) is 13.0. The number of aliphatic hydroxyl groups is 1. The summed E-state index contributed by atoms with van der Waals surface area (Å²) in [6.45, 7) is 5.20. The highest BCUT2D eigenvalue weighted by Crippen LogP contribution is 2.19. The number of aromatic nitrogens is 4. The van der Waals surface area contributed by atoms with Gasteiger partial charge >= 0.3 is 0 Å². The third-order valence-corrected chi connectivity index (χ3v) is 4.58. The van der Waals surface area contributed by atoms with Gasteiger partial charge in [0.25, 0.3) is 0 Å². The zero-order chi connectivity index (χ0) is 16.7. The summed E-state index contributed by atoms with van der Waals surface area (Å²) in [6, 6.07) is 12.2.